The molecule has 0 unspecified atom stereocenters. The monoisotopic (exact) mass is 515 g/mol. The first-order valence-corrected chi connectivity index (χ1v) is 11.1. The van der Waals surface area contributed by atoms with Gasteiger partial charge in [-0.3, -0.25) is 4.99 Å². The molecule has 5 nitrogen and oxygen atoms in total. The Bertz CT molecular complexity index is 848. The summed E-state index contributed by atoms with van der Waals surface area (Å²) in [4.78, 5) is 4.98. The Hall–Kier alpha value is -1.61. The van der Waals surface area contributed by atoms with Gasteiger partial charge in [0.15, 0.2) is 15.8 Å². The number of aryl methyl sites for hydroxylation is 1. The molecule has 7 heteroatoms. The fourth-order valence-corrected chi connectivity index (χ4v) is 3.25. The number of halogens is 1. The lowest BCUT2D eigenvalue weighted by Gasteiger charge is -2.11. The minimum atomic E-state index is -3.14. The van der Waals surface area contributed by atoms with Crippen LogP contribution < -0.4 is 10.6 Å². The highest BCUT2D eigenvalue weighted by atomic mass is 127. The van der Waals surface area contributed by atoms with E-state index in [1.807, 2.05) is 19.1 Å². The summed E-state index contributed by atoms with van der Waals surface area (Å²) in [6, 6.07) is 15.6. The van der Waals surface area contributed by atoms with Crippen molar-refractivity contribution in [2.45, 2.75) is 31.6 Å². The molecule has 0 aliphatic rings. The van der Waals surface area contributed by atoms with Crippen LogP contribution in [0.2, 0.25) is 0 Å². The lowest BCUT2D eigenvalue weighted by atomic mass is 10.1. The van der Waals surface area contributed by atoms with Crippen LogP contribution in [0, 0.1) is 6.92 Å². The van der Waals surface area contributed by atoms with E-state index >= 15 is 0 Å². The normalized spacial score (nSPS) is 11.6. The molecule has 0 bridgehead atoms. The molecule has 154 valence electrons. The maximum absolute atomic E-state index is 11.5. The number of benzene rings is 2. The summed E-state index contributed by atoms with van der Waals surface area (Å²) in [6.45, 7) is 6.39. The molecule has 28 heavy (non-hydrogen) atoms. The number of nitrogens with zero attached hydrogens (tertiary/aromatic N) is 1. The molecule has 0 fully saturated rings. The molecular weight excluding hydrogens is 485 g/mol. The summed E-state index contributed by atoms with van der Waals surface area (Å²) < 4.78 is 23.0. The largest absolute Gasteiger partial charge is 0.357 e. The van der Waals surface area contributed by atoms with Gasteiger partial charge in [-0.25, -0.2) is 8.42 Å². The second-order valence-electron chi connectivity index (χ2n) is 6.59. The molecule has 0 atom stereocenters. The maximum atomic E-state index is 11.5. The average Bonchev–Trinajstić information content (AvgIpc) is 2.63. The molecule has 0 heterocycles. The molecule has 2 aromatic rings. The summed E-state index contributed by atoms with van der Waals surface area (Å²) in [5, 5.41) is 6.58. The van der Waals surface area contributed by atoms with Crippen molar-refractivity contribution in [1.29, 1.82) is 0 Å². The van der Waals surface area contributed by atoms with Crippen molar-refractivity contribution in [3.8, 4) is 0 Å². The predicted octanol–water partition coefficient (Wildman–Crippen LogP) is 3.36. The summed E-state index contributed by atoms with van der Waals surface area (Å²) in [7, 11) is -3.14. The zero-order valence-corrected chi connectivity index (χ0v) is 19.9. The highest BCUT2D eigenvalue weighted by Crippen LogP contribution is 2.10. The SMILES string of the molecule is CCNC(=NCCc1ccc(C)cc1)NCCc1ccc(S(C)(=O)=O)cc1.I. The molecule has 2 aromatic carbocycles. The van der Waals surface area contributed by atoms with Gasteiger partial charge in [-0.05, 0) is 49.9 Å². The van der Waals surface area contributed by atoms with Crippen molar-refractivity contribution in [3.63, 3.8) is 0 Å². The number of hydrogen-bond donors (Lipinski definition) is 2. The molecule has 2 N–H and O–H groups in total. The third-order valence-corrected chi connectivity index (χ3v) is 5.32. The summed E-state index contributed by atoms with van der Waals surface area (Å²) in [6.07, 6.45) is 2.93. The predicted molar refractivity (Wildman–Crippen MR) is 128 cm³/mol. The van der Waals surface area contributed by atoms with Crippen LogP contribution in [0.4, 0.5) is 0 Å². The van der Waals surface area contributed by atoms with Gasteiger partial charge in [0.2, 0.25) is 0 Å². The Morgan fingerprint density at radius 3 is 2.07 bits per heavy atom. The first kappa shape index (κ1) is 24.4. The molecule has 2 rings (SSSR count). The Labute approximate surface area is 186 Å². The second-order valence-corrected chi connectivity index (χ2v) is 8.60. The summed E-state index contributed by atoms with van der Waals surface area (Å²) in [5.74, 6) is 0.803. The Balaban J connectivity index is 0.00000392. The standard InChI is InChI=1S/C21H29N3O2S.HI/c1-4-22-21(23-15-13-18-7-5-17(2)6-8-18)24-16-14-19-9-11-20(12-10-19)27(3,25)26;/h5-12H,4,13-16H2,1-3H3,(H2,22,23,24);1H. The maximum Gasteiger partial charge on any atom is 0.191 e. The fraction of sp³-hybridized carbons (Fsp3) is 0.381. The molecule has 0 spiro atoms. The van der Waals surface area contributed by atoms with Gasteiger partial charge in [0.25, 0.3) is 0 Å². The van der Waals surface area contributed by atoms with Gasteiger partial charge in [0.05, 0.1) is 4.90 Å². The van der Waals surface area contributed by atoms with Crippen LogP contribution in [0.3, 0.4) is 0 Å². The Kier molecular flexibility index (Phi) is 10.5. The lowest BCUT2D eigenvalue weighted by Crippen LogP contribution is -2.38. The van der Waals surface area contributed by atoms with E-state index in [1.54, 1.807) is 12.1 Å². The highest BCUT2D eigenvalue weighted by Gasteiger charge is 2.06. The molecule has 0 saturated heterocycles. The van der Waals surface area contributed by atoms with E-state index in [-0.39, 0.29) is 24.0 Å². The number of nitrogens with one attached hydrogen (secondary N) is 2. The molecule has 0 amide bonds. The van der Waals surface area contributed by atoms with Crippen LogP contribution in [0.5, 0.6) is 0 Å². The molecule has 0 aliphatic heterocycles. The van der Waals surface area contributed by atoms with E-state index < -0.39 is 9.84 Å². The van der Waals surface area contributed by atoms with Gasteiger partial charge in [0, 0.05) is 25.9 Å². The first-order chi connectivity index (χ1) is 12.9. The van der Waals surface area contributed by atoms with Crippen molar-refractivity contribution in [2.24, 2.45) is 4.99 Å². The van der Waals surface area contributed by atoms with Crippen molar-refractivity contribution < 1.29 is 8.42 Å². The van der Waals surface area contributed by atoms with Gasteiger partial charge in [0.1, 0.15) is 0 Å². The fourth-order valence-electron chi connectivity index (χ4n) is 2.62. The minimum Gasteiger partial charge on any atom is -0.357 e. The van der Waals surface area contributed by atoms with Crippen LogP contribution in [0.25, 0.3) is 0 Å². The van der Waals surface area contributed by atoms with Crippen LogP contribution in [0.15, 0.2) is 58.4 Å². The number of hydrogen-bond acceptors (Lipinski definition) is 3. The van der Waals surface area contributed by atoms with Crippen molar-refractivity contribution in [3.05, 3.63) is 65.2 Å². The van der Waals surface area contributed by atoms with E-state index in [4.69, 9.17) is 0 Å². The summed E-state index contributed by atoms with van der Waals surface area (Å²) >= 11 is 0. The van der Waals surface area contributed by atoms with E-state index in [2.05, 4.69) is 46.8 Å². The zero-order chi connectivity index (χ0) is 19.7. The Morgan fingerprint density at radius 1 is 0.929 bits per heavy atom. The summed E-state index contributed by atoms with van der Waals surface area (Å²) in [5.41, 5.74) is 3.64. The topological polar surface area (TPSA) is 70.6 Å². The smallest absolute Gasteiger partial charge is 0.191 e. The van der Waals surface area contributed by atoms with Gasteiger partial charge in [-0.1, -0.05) is 42.0 Å². The van der Waals surface area contributed by atoms with Gasteiger partial charge < -0.3 is 10.6 Å². The van der Waals surface area contributed by atoms with E-state index in [1.165, 1.54) is 17.4 Å². The third-order valence-electron chi connectivity index (χ3n) is 4.19. The Morgan fingerprint density at radius 2 is 1.50 bits per heavy atom. The molecule has 0 saturated carbocycles. The lowest BCUT2D eigenvalue weighted by molar-refractivity contribution is 0.602. The highest BCUT2D eigenvalue weighted by molar-refractivity contribution is 14.0. The zero-order valence-electron chi connectivity index (χ0n) is 16.7. The van der Waals surface area contributed by atoms with Crippen LogP contribution in [-0.2, 0) is 22.7 Å². The second kappa shape index (κ2) is 12.1. The van der Waals surface area contributed by atoms with Gasteiger partial charge in [-0.15, -0.1) is 24.0 Å². The quantitative estimate of drug-likeness (QED) is 0.322. The number of sulfone groups is 1. The molecule has 0 radical (unpaired) electrons. The van der Waals surface area contributed by atoms with Crippen LogP contribution in [0.1, 0.15) is 23.6 Å². The van der Waals surface area contributed by atoms with Crippen LogP contribution >= 0.6 is 24.0 Å². The number of guanidine groups is 1. The van der Waals surface area contributed by atoms with E-state index in [0.717, 1.165) is 44.0 Å². The molecular formula is C21H30IN3O2S. The third kappa shape index (κ3) is 8.60. The number of aliphatic imine (C=N–C) groups is 1. The van der Waals surface area contributed by atoms with Crippen molar-refractivity contribution in [1.82, 2.24) is 10.6 Å². The van der Waals surface area contributed by atoms with Crippen molar-refractivity contribution in [2.75, 3.05) is 25.9 Å². The molecule has 0 aromatic heterocycles. The van der Waals surface area contributed by atoms with Gasteiger partial charge in [-0.2, -0.15) is 0 Å². The van der Waals surface area contributed by atoms with Crippen LogP contribution in [-0.4, -0.2) is 40.3 Å². The van der Waals surface area contributed by atoms with Crippen molar-refractivity contribution >= 4 is 39.8 Å². The van der Waals surface area contributed by atoms with E-state index in [9.17, 15) is 8.42 Å². The number of rotatable bonds is 8. The first-order valence-electron chi connectivity index (χ1n) is 9.25. The minimum absolute atomic E-state index is 0. The average molecular weight is 515 g/mol. The molecule has 0 aliphatic carbocycles. The van der Waals surface area contributed by atoms with E-state index in [0.29, 0.717) is 4.90 Å². The van der Waals surface area contributed by atoms with Gasteiger partial charge >= 0.3 is 0 Å².